The summed E-state index contributed by atoms with van der Waals surface area (Å²) >= 11 is 0. The Morgan fingerprint density at radius 1 is 1.13 bits per heavy atom. The van der Waals surface area contributed by atoms with E-state index < -0.39 is 4.92 Å². The maximum atomic E-state index is 13.1. The summed E-state index contributed by atoms with van der Waals surface area (Å²) in [7, 11) is 0. The molecule has 0 bridgehead atoms. The van der Waals surface area contributed by atoms with Crippen LogP contribution in [0.4, 0.5) is 11.4 Å². The molecule has 9 nitrogen and oxygen atoms in total. The first-order valence-corrected chi connectivity index (χ1v) is 9.70. The normalized spacial score (nSPS) is 12.9. The predicted molar refractivity (Wildman–Crippen MR) is 111 cm³/mol. The van der Waals surface area contributed by atoms with Gasteiger partial charge in [0.05, 0.1) is 22.7 Å². The quantitative estimate of drug-likeness (QED) is 0.487. The van der Waals surface area contributed by atoms with E-state index in [9.17, 15) is 14.9 Å². The van der Waals surface area contributed by atoms with Gasteiger partial charge in [0.2, 0.25) is 5.91 Å². The van der Waals surface area contributed by atoms with Gasteiger partial charge in [0.25, 0.3) is 11.6 Å². The Hall–Kier alpha value is -3.62. The third kappa shape index (κ3) is 3.42. The maximum absolute atomic E-state index is 13.1. The van der Waals surface area contributed by atoms with Crippen LogP contribution in [0, 0.1) is 37.8 Å². The average Bonchev–Trinajstić information content (AvgIpc) is 3.22. The van der Waals surface area contributed by atoms with Crippen LogP contribution in [0.2, 0.25) is 0 Å². The van der Waals surface area contributed by atoms with E-state index in [4.69, 9.17) is 0 Å². The van der Waals surface area contributed by atoms with Gasteiger partial charge >= 0.3 is 0 Å². The van der Waals surface area contributed by atoms with E-state index in [0.29, 0.717) is 24.6 Å². The highest BCUT2D eigenvalue weighted by Gasteiger charge is 2.28. The van der Waals surface area contributed by atoms with Crippen LogP contribution in [0.25, 0.3) is 5.95 Å². The summed E-state index contributed by atoms with van der Waals surface area (Å²) in [5, 5.41) is 15.7. The van der Waals surface area contributed by atoms with Gasteiger partial charge in [-0.05, 0) is 45.7 Å². The maximum Gasteiger partial charge on any atom is 0.271 e. The number of amides is 1. The van der Waals surface area contributed by atoms with Crippen molar-refractivity contribution in [2.75, 3.05) is 11.4 Å². The minimum atomic E-state index is -0.441. The molecule has 0 radical (unpaired) electrons. The number of benzene rings is 1. The molecule has 0 saturated carbocycles. The standard InChI is InChI=1S/C21H22N6O3/c1-12-9-13(2)23-21(22-12)26-15(4)18(14(3)24-26)11-20(28)25-8-7-16-5-6-17(27(29)30)10-19(16)25/h5-6,9-10H,7-8,11H2,1-4H3. The Bertz CT molecular complexity index is 1160. The number of rotatable bonds is 4. The Morgan fingerprint density at radius 2 is 1.83 bits per heavy atom. The molecule has 1 amide bonds. The van der Waals surface area contributed by atoms with Crippen LogP contribution in [0.15, 0.2) is 24.3 Å². The molecule has 0 fully saturated rings. The highest BCUT2D eigenvalue weighted by atomic mass is 16.6. The van der Waals surface area contributed by atoms with Crippen molar-refractivity contribution in [3.63, 3.8) is 0 Å². The molecule has 154 valence electrons. The van der Waals surface area contributed by atoms with Crippen molar-refractivity contribution in [2.45, 2.75) is 40.5 Å². The van der Waals surface area contributed by atoms with E-state index in [0.717, 1.165) is 33.9 Å². The Balaban J connectivity index is 1.64. The van der Waals surface area contributed by atoms with Crippen LogP contribution in [-0.2, 0) is 17.6 Å². The average molecular weight is 406 g/mol. The fourth-order valence-corrected chi connectivity index (χ4v) is 3.91. The summed E-state index contributed by atoms with van der Waals surface area (Å²) in [4.78, 5) is 34.3. The largest absolute Gasteiger partial charge is 0.311 e. The summed E-state index contributed by atoms with van der Waals surface area (Å²) in [5.74, 6) is 0.371. The van der Waals surface area contributed by atoms with Crippen molar-refractivity contribution >= 4 is 17.3 Å². The summed E-state index contributed by atoms with van der Waals surface area (Å²) in [6.07, 6.45) is 0.845. The lowest BCUT2D eigenvalue weighted by Crippen LogP contribution is -2.30. The first-order valence-electron chi connectivity index (χ1n) is 9.70. The van der Waals surface area contributed by atoms with Gasteiger partial charge in [0.1, 0.15) is 0 Å². The predicted octanol–water partition coefficient (Wildman–Crippen LogP) is 2.94. The Kier molecular flexibility index (Phi) is 4.81. The third-order valence-corrected chi connectivity index (χ3v) is 5.41. The first kappa shape index (κ1) is 19.7. The number of nitro benzene ring substituents is 1. The number of hydrogen-bond acceptors (Lipinski definition) is 6. The lowest BCUT2D eigenvalue weighted by atomic mass is 10.1. The molecule has 1 aliphatic rings. The van der Waals surface area contributed by atoms with Gasteiger partial charge in [-0.15, -0.1) is 0 Å². The van der Waals surface area contributed by atoms with Gasteiger partial charge in [0, 0.05) is 41.3 Å². The number of nitro groups is 1. The highest BCUT2D eigenvalue weighted by molar-refractivity contribution is 5.97. The molecule has 2 aromatic heterocycles. The van der Waals surface area contributed by atoms with Gasteiger partial charge in [-0.3, -0.25) is 14.9 Å². The fourth-order valence-electron chi connectivity index (χ4n) is 3.91. The Morgan fingerprint density at radius 3 is 2.50 bits per heavy atom. The molecule has 0 unspecified atom stereocenters. The van der Waals surface area contributed by atoms with E-state index in [-0.39, 0.29) is 18.0 Å². The molecule has 4 rings (SSSR count). The summed E-state index contributed by atoms with van der Waals surface area (Å²) in [6, 6.07) is 6.58. The molecule has 0 spiro atoms. The second kappa shape index (κ2) is 7.33. The monoisotopic (exact) mass is 406 g/mol. The molecule has 3 heterocycles. The number of anilines is 1. The van der Waals surface area contributed by atoms with Crippen LogP contribution in [0.5, 0.6) is 0 Å². The molecule has 30 heavy (non-hydrogen) atoms. The number of nitrogens with zero attached hydrogens (tertiary/aromatic N) is 6. The third-order valence-electron chi connectivity index (χ3n) is 5.41. The molecule has 0 saturated heterocycles. The van der Waals surface area contributed by atoms with E-state index in [1.165, 1.54) is 12.1 Å². The fraction of sp³-hybridized carbons (Fsp3) is 0.333. The number of aromatic nitrogens is 4. The van der Waals surface area contributed by atoms with Crippen molar-refractivity contribution < 1.29 is 9.72 Å². The minimum absolute atomic E-state index is 0.0133. The van der Waals surface area contributed by atoms with Gasteiger partial charge < -0.3 is 4.90 Å². The number of carbonyl (C=O) groups excluding carboxylic acids is 1. The molecule has 0 atom stereocenters. The molecule has 9 heteroatoms. The van der Waals surface area contributed by atoms with Crippen LogP contribution in [-0.4, -0.2) is 37.1 Å². The first-order chi connectivity index (χ1) is 14.2. The van der Waals surface area contributed by atoms with Crippen molar-refractivity contribution in [3.8, 4) is 5.95 Å². The highest BCUT2D eigenvalue weighted by Crippen LogP contribution is 2.32. The topological polar surface area (TPSA) is 107 Å². The smallest absolute Gasteiger partial charge is 0.271 e. The van der Waals surface area contributed by atoms with E-state index in [1.807, 2.05) is 33.8 Å². The van der Waals surface area contributed by atoms with Gasteiger partial charge in [-0.2, -0.15) is 5.10 Å². The number of fused-ring (bicyclic) bond motifs is 1. The van der Waals surface area contributed by atoms with E-state index in [2.05, 4.69) is 15.1 Å². The Labute approximate surface area is 173 Å². The van der Waals surface area contributed by atoms with Crippen LogP contribution in [0.1, 0.15) is 33.9 Å². The van der Waals surface area contributed by atoms with Crippen LogP contribution < -0.4 is 4.90 Å². The molecule has 1 aliphatic heterocycles. The molecular weight excluding hydrogens is 384 g/mol. The zero-order valence-corrected chi connectivity index (χ0v) is 17.3. The van der Waals surface area contributed by atoms with Gasteiger partial charge in [-0.1, -0.05) is 6.07 Å². The van der Waals surface area contributed by atoms with Crippen LogP contribution >= 0.6 is 0 Å². The lowest BCUT2D eigenvalue weighted by molar-refractivity contribution is -0.384. The second-order valence-electron chi connectivity index (χ2n) is 7.55. The van der Waals surface area contributed by atoms with E-state index >= 15 is 0 Å². The number of aryl methyl sites for hydroxylation is 3. The van der Waals surface area contributed by atoms with E-state index in [1.54, 1.807) is 15.6 Å². The molecule has 0 N–H and O–H groups in total. The number of carbonyl (C=O) groups is 1. The SMILES string of the molecule is Cc1cc(C)nc(-n2nc(C)c(CC(=O)N3CCc4ccc([N+](=O)[O-])cc43)c2C)n1. The molecule has 3 aromatic rings. The van der Waals surface area contributed by atoms with Gasteiger partial charge in [0.15, 0.2) is 0 Å². The summed E-state index contributed by atoms with van der Waals surface area (Å²) in [6.45, 7) is 8.07. The summed E-state index contributed by atoms with van der Waals surface area (Å²) in [5.41, 5.74) is 5.61. The summed E-state index contributed by atoms with van der Waals surface area (Å²) < 4.78 is 1.67. The zero-order chi connectivity index (χ0) is 21.6. The van der Waals surface area contributed by atoms with Crippen LogP contribution in [0.3, 0.4) is 0 Å². The van der Waals surface area contributed by atoms with Crippen molar-refractivity contribution in [1.29, 1.82) is 0 Å². The van der Waals surface area contributed by atoms with Gasteiger partial charge in [-0.25, -0.2) is 14.6 Å². The molecular formula is C21H22N6O3. The second-order valence-corrected chi connectivity index (χ2v) is 7.55. The van der Waals surface area contributed by atoms with Crippen molar-refractivity contribution in [2.24, 2.45) is 0 Å². The van der Waals surface area contributed by atoms with Crippen molar-refractivity contribution in [1.82, 2.24) is 19.7 Å². The zero-order valence-electron chi connectivity index (χ0n) is 17.3. The number of non-ortho nitro benzene ring substituents is 1. The number of hydrogen-bond donors (Lipinski definition) is 0. The molecule has 1 aromatic carbocycles. The van der Waals surface area contributed by atoms with Crippen molar-refractivity contribution in [3.05, 3.63) is 68.3 Å². The lowest BCUT2D eigenvalue weighted by Gasteiger charge is -2.17. The molecule has 0 aliphatic carbocycles. The minimum Gasteiger partial charge on any atom is -0.311 e.